The maximum atomic E-state index is 12.0. The van der Waals surface area contributed by atoms with Crippen LogP contribution >= 0.6 is 0 Å². The number of hydrogen-bond acceptors (Lipinski definition) is 11. The van der Waals surface area contributed by atoms with Gasteiger partial charge in [-0.15, -0.1) is 0 Å². The first kappa shape index (κ1) is 36.8. The van der Waals surface area contributed by atoms with Crippen LogP contribution in [0.5, 0.6) is 0 Å². The van der Waals surface area contributed by atoms with Gasteiger partial charge in [-0.05, 0) is 79.6 Å². The molecule has 0 heterocycles. The molecular weight excluding hydrogens is 506 g/mol. The Morgan fingerprint density at radius 3 is 1.15 bits per heavy atom. The lowest BCUT2D eigenvalue weighted by molar-refractivity contribution is -0.152. The van der Waals surface area contributed by atoms with E-state index in [0.29, 0.717) is 26.3 Å². The maximum Gasteiger partial charge on any atom is 0.323 e. The van der Waals surface area contributed by atoms with Crippen molar-refractivity contribution >= 4 is 23.9 Å². The normalized spacial score (nSPS) is 12.4. The fraction of sp³-hybridized carbons (Fsp3) is 0.857. The van der Waals surface area contributed by atoms with E-state index in [4.69, 9.17) is 18.9 Å². The van der Waals surface area contributed by atoms with Gasteiger partial charge in [0.15, 0.2) is 0 Å². The van der Waals surface area contributed by atoms with Crippen molar-refractivity contribution in [3.63, 3.8) is 0 Å². The molecule has 0 rings (SSSR count). The first-order chi connectivity index (χ1) is 18.9. The van der Waals surface area contributed by atoms with Gasteiger partial charge in [-0.2, -0.15) is 0 Å². The Hall–Kier alpha value is -2.24. The highest BCUT2D eigenvalue weighted by Gasteiger charge is 2.24. The van der Waals surface area contributed by atoms with E-state index in [1.807, 2.05) is 0 Å². The Morgan fingerprint density at radius 1 is 0.487 bits per heavy atom. The summed E-state index contributed by atoms with van der Waals surface area (Å²) in [5.74, 6) is -1.64. The molecule has 2 unspecified atom stereocenters. The minimum atomic E-state index is -0.662. The van der Waals surface area contributed by atoms with Gasteiger partial charge in [-0.3, -0.25) is 19.2 Å². The van der Waals surface area contributed by atoms with Crippen LogP contribution in [0.3, 0.4) is 0 Å². The van der Waals surface area contributed by atoms with Crippen LogP contribution in [0.1, 0.15) is 91.9 Å². The van der Waals surface area contributed by atoms with Gasteiger partial charge in [0.25, 0.3) is 0 Å². The van der Waals surface area contributed by atoms with Crippen molar-refractivity contribution in [3.05, 3.63) is 0 Å². The second-order valence-electron chi connectivity index (χ2n) is 9.11. The van der Waals surface area contributed by atoms with Gasteiger partial charge in [0.1, 0.15) is 12.1 Å². The Bertz CT molecular complexity index is 609. The van der Waals surface area contributed by atoms with Crippen molar-refractivity contribution in [2.24, 2.45) is 0 Å². The van der Waals surface area contributed by atoms with Crippen LogP contribution in [-0.4, -0.2) is 88.6 Å². The van der Waals surface area contributed by atoms with Crippen molar-refractivity contribution in [1.82, 2.24) is 16.0 Å². The molecule has 0 amide bonds. The third kappa shape index (κ3) is 21.3. The summed E-state index contributed by atoms with van der Waals surface area (Å²) in [6.07, 6.45) is 8.25. The van der Waals surface area contributed by atoms with Crippen molar-refractivity contribution in [2.75, 3.05) is 52.6 Å². The van der Waals surface area contributed by atoms with Gasteiger partial charge in [0.05, 0.1) is 39.3 Å². The van der Waals surface area contributed by atoms with E-state index in [2.05, 4.69) is 16.0 Å². The summed E-state index contributed by atoms with van der Waals surface area (Å²) in [4.78, 5) is 47.5. The number of nitrogens with one attached hydrogen (secondary N) is 3. The van der Waals surface area contributed by atoms with E-state index in [1.165, 1.54) is 0 Å². The molecule has 0 aliphatic carbocycles. The van der Waals surface area contributed by atoms with Crippen LogP contribution in [0.4, 0.5) is 0 Å². The van der Waals surface area contributed by atoms with Crippen LogP contribution < -0.4 is 16.0 Å². The van der Waals surface area contributed by atoms with Gasteiger partial charge in [0.2, 0.25) is 0 Å². The average Bonchev–Trinajstić information content (AvgIpc) is 2.90. The summed E-state index contributed by atoms with van der Waals surface area (Å²) in [6, 6.07) is -1.32. The largest absolute Gasteiger partial charge is 0.466 e. The Balaban J connectivity index is 3.79. The monoisotopic (exact) mass is 559 g/mol. The van der Waals surface area contributed by atoms with Crippen LogP contribution in [0.15, 0.2) is 0 Å². The summed E-state index contributed by atoms with van der Waals surface area (Å²) < 4.78 is 20.0. The predicted octanol–water partition coefficient (Wildman–Crippen LogP) is 2.65. The molecule has 0 aromatic heterocycles. The molecule has 2 atom stereocenters. The number of unbranched alkanes of at least 4 members (excludes halogenated alkanes) is 6. The lowest BCUT2D eigenvalue weighted by atomic mass is 10.1. The molecular formula is C28H53N3O8. The molecule has 0 fully saturated rings. The molecule has 0 saturated heterocycles. The van der Waals surface area contributed by atoms with Gasteiger partial charge >= 0.3 is 23.9 Å². The molecule has 0 spiro atoms. The van der Waals surface area contributed by atoms with Crippen LogP contribution in [0.2, 0.25) is 0 Å². The second-order valence-corrected chi connectivity index (χ2v) is 9.11. The standard InChI is InChI=1S/C28H53N3O8/c1-5-36-25(32)21-23(27(34)38-7-3)30-19-15-11-9-13-17-29-18-14-10-12-16-20-31-24(28(35)39-8-4)22-26(33)37-6-2/h23-24,29-31H,5-22H2,1-4H3. The minimum absolute atomic E-state index is 0.0172. The quantitative estimate of drug-likeness (QED) is 0.0818. The zero-order chi connectivity index (χ0) is 29.1. The highest BCUT2D eigenvalue weighted by Crippen LogP contribution is 2.04. The Kier molecular flexibility index (Phi) is 24.5. The highest BCUT2D eigenvalue weighted by atomic mass is 16.5. The zero-order valence-electron chi connectivity index (χ0n) is 24.6. The van der Waals surface area contributed by atoms with Gasteiger partial charge in [-0.1, -0.05) is 25.7 Å². The molecule has 228 valence electrons. The smallest absolute Gasteiger partial charge is 0.323 e. The Labute approximate surface area is 234 Å². The molecule has 0 aromatic carbocycles. The van der Waals surface area contributed by atoms with E-state index in [9.17, 15) is 19.2 Å². The first-order valence-electron chi connectivity index (χ1n) is 14.7. The molecule has 11 nitrogen and oxygen atoms in total. The summed E-state index contributed by atoms with van der Waals surface area (Å²) >= 11 is 0. The Morgan fingerprint density at radius 2 is 0.821 bits per heavy atom. The molecule has 0 bridgehead atoms. The van der Waals surface area contributed by atoms with Crippen molar-refractivity contribution in [2.45, 2.75) is 104 Å². The summed E-state index contributed by atoms with van der Waals surface area (Å²) in [5, 5.41) is 9.72. The third-order valence-corrected chi connectivity index (χ3v) is 5.84. The van der Waals surface area contributed by atoms with E-state index >= 15 is 0 Å². The van der Waals surface area contributed by atoms with Gasteiger partial charge in [-0.25, -0.2) is 0 Å². The molecule has 39 heavy (non-hydrogen) atoms. The second kappa shape index (κ2) is 26.0. The van der Waals surface area contributed by atoms with Crippen molar-refractivity contribution < 1.29 is 38.1 Å². The highest BCUT2D eigenvalue weighted by molar-refractivity contribution is 5.83. The average molecular weight is 560 g/mol. The molecule has 0 aliphatic rings. The van der Waals surface area contributed by atoms with Crippen LogP contribution in [0, 0.1) is 0 Å². The minimum Gasteiger partial charge on any atom is -0.466 e. The summed E-state index contributed by atoms with van der Waals surface area (Å²) in [5.41, 5.74) is 0. The molecule has 0 aromatic rings. The van der Waals surface area contributed by atoms with E-state index < -0.39 is 36.0 Å². The van der Waals surface area contributed by atoms with Crippen molar-refractivity contribution in [1.29, 1.82) is 0 Å². The molecule has 11 heteroatoms. The number of hydrogen-bond donors (Lipinski definition) is 3. The number of carbonyl (C=O) groups is 4. The van der Waals surface area contributed by atoms with Crippen molar-refractivity contribution in [3.8, 4) is 0 Å². The lowest BCUT2D eigenvalue weighted by Crippen LogP contribution is -2.40. The maximum absolute atomic E-state index is 12.0. The van der Waals surface area contributed by atoms with E-state index in [-0.39, 0.29) is 26.1 Å². The van der Waals surface area contributed by atoms with E-state index in [0.717, 1.165) is 64.5 Å². The topological polar surface area (TPSA) is 141 Å². The number of esters is 4. The fourth-order valence-electron chi connectivity index (χ4n) is 3.87. The SMILES string of the molecule is CCOC(=O)CC(NCCCCCCNCCCCCCNC(CC(=O)OCC)C(=O)OCC)C(=O)OCC. The number of ether oxygens (including phenoxy) is 4. The predicted molar refractivity (Wildman–Crippen MR) is 149 cm³/mol. The molecule has 0 aliphatic heterocycles. The molecule has 3 N–H and O–H groups in total. The fourth-order valence-corrected chi connectivity index (χ4v) is 3.87. The zero-order valence-corrected chi connectivity index (χ0v) is 24.6. The molecule has 0 saturated carbocycles. The first-order valence-corrected chi connectivity index (χ1v) is 14.7. The van der Waals surface area contributed by atoms with Gasteiger partial charge < -0.3 is 34.9 Å². The lowest BCUT2D eigenvalue weighted by Gasteiger charge is -2.16. The van der Waals surface area contributed by atoms with Crippen LogP contribution in [-0.2, 0) is 38.1 Å². The molecule has 0 radical (unpaired) electrons. The van der Waals surface area contributed by atoms with Gasteiger partial charge in [0, 0.05) is 0 Å². The number of carbonyl (C=O) groups excluding carboxylic acids is 4. The van der Waals surface area contributed by atoms with E-state index in [1.54, 1.807) is 27.7 Å². The number of rotatable bonds is 26. The summed E-state index contributed by atoms with van der Waals surface area (Å²) in [6.45, 7) is 11.3. The third-order valence-electron chi connectivity index (χ3n) is 5.84. The summed E-state index contributed by atoms with van der Waals surface area (Å²) in [7, 11) is 0. The van der Waals surface area contributed by atoms with Crippen LogP contribution in [0.25, 0.3) is 0 Å².